The van der Waals surface area contributed by atoms with Crippen LogP contribution in [-0.4, -0.2) is 22.9 Å². The monoisotopic (exact) mass is 288 g/mol. The molecular formula is C15H16N2O4. The summed E-state index contributed by atoms with van der Waals surface area (Å²) in [5.41, 5.74) is 6.28. The Labute approximate surface area is 121 Å². The van der Waals surface area contributed by atoms with Gasteiger partial charge in [0.05, 0.1) is 28.8 Å². The molecule has 2 fully saturated rings. The van der Waals surface area contributed by atoms with Crippen molar-refractivity contribution < 1.29 is 19.5 Å². The second-order valence-electron chi connectivity index (χ2n) is 5.88. The zero-order valence-corrected chi connectivity index (χ0v) is 11.6. The van der Waals surface area contributed by atoms with Gasteiger partial charge in [-0.3, -0.25) is 9.59 Å². The van der Waals surface area contributed by atoms with Gasteiger partial charge < -0.3 is 10.8 Å². The molecule has 2 aliphatic rings. The largest absolute Gasteiger partial charge is 0.478 e. The Morgan fingerprint density at radius 3 is 2.29 bits per heavy atom. The number of carbonyl (C=O) groups excluding carboxylic acids is 2. The van der Waals surface area contributed by atoms with E-state index in [0.29, 0.717) is 5.92 Å². The van der Waals surface area contributed by atoms with Gasteiger partial charge in [0.1, 0.15) is 0 Å². The van der Waals surface area contributed by atoms with E-state index in [1.807, 2.05) is 6.92 Å². The summed E-state index contributed by atoms with van der Waals surface area (Å²) in [6.45, 7) is 2.04. The van der Waals surface area contributed by atoms with E-state index in [-0.39, 0.29) is 40.6 Å². The van der Waals surface area contributed by atoms with Crippen LogP contribution in [0.3, 0.4) is 0 Å². The van der Waals surface area contributed by atoms with Crippen LogP contribution >= 0.6 is 0 Å². The third-order valence-electron chi connectivity index (χ3n) is 4.39. The van der Waals surface area contributed by atoms with Gasteiger partial charge in [0.2, 0.25) is 11.8 Å². The Balaban J connectivity index is 1.97. The minimum atomic E-state index is -1.10. The maximum Gasteiger partial charge on any atom is 0.335 e. The number of imide groups is 1. The van der Waals surface area contributed by atoms with E-state index in [1.165, 1.54) is 18.2 Å². The van der Waals surface area contributed by atoms with Gasteiger partial charge in [-0.2, -0.15) is 0 Å². The highest BCUT2D eigenvalue weighted by Crippen LogP contribution is 2.45. The molecule has 1 aliphatic carbocycles. The smallest absolute Gasteiger partial charge is 0.335 e. The van der Waals surface area contributed by atoms with E-state index in [4.69, 9.17) is 10.8 Å². The molecule has 3 rings (SSSR count). The molecule has 6 heteroatoms. The molecule has 0 bridgehead atoms. The lowest BCUT2D eigenvalue weighted by molar-refractivity contribution is -0.123. The molecule has 1 aromatic carbocycles. The minimum Gasteiger partial charge on any atom is -0.478 e. The van der Waals surface area contributed by atoms with E-state index < -0.39 is 5.97 Å². The lowest BCUT2D eigenvalue weighted by Gasteiger charge is -2.19. The van der Waals surface area contributed by atoms with E-state index in [9.17, 15) is 14.4 Å². The number of carboxylic acids is 1. The first-order valence-corrected chi connectivity index (χ1v) is 6.90. The van der Waals surface area contributed by atoms with Crippen LogP contribution in [0.1, 0.15) is 30.1 Å². The molecule has 0 aromatic heterocycles. The van der Waals surface area contributed by atoms with Crippen molar-refractivity contribution in [1.29, 1.82) is 0 Å². The van der Waals surface area contributed by atoms with Gasteiger partial charge in [-0.15, -0.1) is 0 Å². The molecule has 21 heavy (non-hydrogen) atoms. The summed E-state index contributed by atoms with van der Waals surface area (Å²) < 4.78 is 0. The van der Waals surface area contributed by atoms with Gasteiger partial charge in [0.25, 0.3) is 0 Å². The summed E-state index contributed by atoms with van der Waals surface area (Å²) in [6.07, 6.45) is 1.44. The Kier molecular flexibility index (Phi) is 2.97. The number of nitrogen functional groups attached to an aromatic ring is 1. The van der Waals surface area contributed by atoms with Crippen molar-refractivity contribution in [3.05, 3.63) is 23.8 Å². The number of anilines is 2. The Hall–Kier alpha value is -2.37. The van der Waals surface area contributed by atoms with Crippen LogP contribution in [-0.2, 0) is 9.59 Å². The molecular weight excluding hydrogens is 272 g/mol. The molecule has 1 saturated heterocycles. The molecule has 1 saturated carbocycles. The van der Waals surface area contributed by atoms with Crippen molar-refractivity contribution in [3.63, 3.8) is 0 Å². The fourth-order valence-corrected chi connectivity index (χ4v) is 3.41. The number of carboxylic acid groups (broad SMARTS) is 1. The predicted octanol–water partition coefficient (Wildman–Crippen LogP) is 1.50. The summed E-state index contributed by atoms with van der Waals surface area (Å²) in [6, 6.07) is 4.05. The van der Waals surface area contributed by atoms with Crippen LogP contribution in [0.2, 0.25) is 0 Å². The summed E-state index contributed by atoms with van der Waals surface area (Å²) in [5, 5.41) is 8.93. The van der Waals surface area contributed by atoms with Gasteiger partial charge in [0.15, 0.2) is 0 Å². The quantitative estimate of drug-likeness (QED) is 0.634. The topological polar surface area (TPSA) is 101 Å². The highest BCUT2D eigenvalue weighted by Gasteiger charge is 2.52. The highest BCUT2D eigenvalue weighted by atomic mass is 16.4. The first-order valence-electron chi connectivity index (χ1n) is 6.90. The predicted molar refractivity (Wildman–Crippen MR) is 75.7 cm³/mol. The molecule has 110 valence electrons. The number of hydrogen-bond acceptors (Lipinski definition) is 4. The highest BCUT2D eigenvalue weighted by molar-refractivity contribution is 6.23. The van der Waals surface area contributed by atoms with E-state index in [0.717, 1.165) is 17.7 Å². The second-order valence-corrected chi connectivity index (χ2v) is 5.88. The van der Waals surface area contributed by atoms with Gasteiger partial charge in [-0.25, -0.2) is 9.69 Å². The number of aromatic carboxylic acids is 1. The van der Waals surface area contributed by atoms with Crippen LogP contribution in [0.25, 0.3) is 0 Å². The van der Waals surface area contributed by atoms with Crippen LogP contribution in [0.5, 0.6) is 0 Å². The standard InChI is InChI=1S/C15H16N2O4/c1-7-4-9-10(5-7)14(19)17(13(9)18)12-3-2-8(15(20)21)6-11(12)16/h2-3,6-7,9-10H,4-5,16H2,1H3,(H,20,21). The molecule has 1 aliphatic heterocycles. The summed E-state index contributed by atoms with van der Waals surface area (Å²) in [5.74, 6) is -1.68. The normalized spacial score (nSPS) is 28.0. The molecule has 1 aromatic rings. The fourth-order valence-electron chi connectivity index (χ4n) is 3.41. The van der Waals surface area contributed by atoms with Crippen molar-refractivity contribution >= 4 is 29.2 Å². The number of benzene rings is 1. The van der Waals surface area contributed by atoms with Crippen LogP contribution in [0.4, 0.5) is 11.4 Å². The number of rotatable bonds is 2. The van der Waals surface area contributed by atoms with Crippen LogP contribution < -0.4 is 10.6 Å². The Bertz CT molecular complexity index is 631. The molecule has 0 radical (unpaired) electrons. The van der Waals surface area contributed by atoms with E-state index in [1.54, 1.807) is 0 Å². The number of fused-ring (bicyclic) bond motifs is 1. The lowest BCUT2D eigenvalue weighted by atomic mass is 10.00. The lowest BCUT2D eigenvalue weighted by Crippen LogP contribution is -2.32. The summed E-state index contributed by atoms with van der Waals surface area (Å²) in [7, 11) is 0. The van der Waals surface area contributed by atoms with Crippen molar-refractivity contribution in [2.75, 3.05) is 10.6 Å². The second kappa shape index (κ2) is 4.58. The third-order valence-corrected chi connectivity index (χ3v) is 4.39. The van der Waals surface area contributed by atoms with Crippen molar-refractivity contribution in [3.8, 4) is 0 Å². The van der Waals surface area contributed by atoms with Crippen LogP contribution in [0.15, 0.2) is 18.2 Å². The third kappa shape index (κ3) is 1.98. The van der Waals surface area contributed by atoms with Gasteiger partial charge in [-0.1, -0.05) is 6.92 Å². The summed E-state index contributed by atoms with van der Waals surface area (Å²) >= 11 is 0. The zero-order chi connectivity index (χ0) is 15.3. The summed E-state index contributed by atoms with van der Waals surface area (Å²) in [4.78, 5) is 36.9. The van der Waals surface area contributed by atoms with Gasteiger partial charge in [0, 0.05) is 0 Å². The first-order chi connectivity index (χ1) is 9.90. The molecule has 2 atom stereocenters. The van der Waals surface area contributed by atoms with Gasteiger partial charge >= 0.3 is 5.97 Å². The average molecular weight is 288 g/mol. The minimum absolute atomic E-state index is 0.0316. The number of nitrogens with two attached hydrogens (primary N) is 1. The van der Waals surface area contributed by atoms with E-state index >= 15 is 0 Å². The average Bonchev–Trinajstić information content (AvgIpc) is 2.90. The molecule has 0 spiro atoms. The maximum atomic E-state index is 12.4. The number of hydrogen-bond donors (Lipinski definition) is 2. The SMILES string of the molecule is CC1CC2C(=O)N(c3ccc(C(=O)O)cc3N)C(=O)C2C1. The maximum absolute atomic E-state index is 12.4. The molecule has 2 amide bonds. The molecule has 6 nitrogen and oxygen atoms in total. The Morgan fingerprint density at radius 2 is 1.81 bits per heavy atom. The molecule has 3 N–H and O–H groups in total. The number of amides is 2. The Morgan fingerprint density at radius 1 is 1.24 bits per heavy atom. The van der Waals surface area contributed by atoms with Crippen molar-refractivity contribution in [1.82, 2.24) is 0 Å². The van der Waals surface area contributed by atoms with Crippen molar-refractivity contribution in [2.45, 2.75) is 19.8 Å². The van der Waals surface area contributed by atoms with Crippen molar-refractivity contribution in [2.24, 2.45) is 17.8 Å². The molecule has 2 unspecified atom stereocenters. The molecule has 1 heterocycles. The van der Waals surface area contributed by atoms with Crippen LogP contribution in [0, 0.1) is 17.8 Å². The van der Waals surface area contributed by atoms with E-state index in [2.05, 4.69) is 0 Å². The first kappa shape index (κ1) is 13.6. The fraction of sp³-hybridized carbons (Fsp3) is 0.400. The van der Waals surface area contributed by atoms with Gasteiger partial charge in [-0.05, 0) is 37.0 Å². The number of nitrogens with zero attached hydrogens (tertiary/aromatic N) is 1. The zero-order valence-electron chi connectivity index (χ0n) is 11.6. The number of carbonyl (C=O) groups is 3.